The van der Waals surface area contributed by atoms with Crippen molar-refractivity contribution in [2.45, 2.75) is 55.6 Å². The number of aliphatic hydroxyl groups is 3. The molecule has 1 saturated heterocycles. The molecular formula is C34H34N2O16. The first kappa shape index (κ1) is 37.3. The molecule has 2 aromatic rings. The summed E-state index contributed by atoms with van der Waals surface area (Å²) in [5.41, 5.74) is 0.891. The molecule has 3 aliphatic heterocycles. The van der Waals surface area contributed by atoms with Gasteiger partial charge < -0.3 is 69.9 Å². The number of ether oxygens (including phenoxy) is 4. The third kappa shape index (κ3) is 8.16. The van der Waals surface area contributed by atoms with E-state index < -0.39 is 79.0 Å². The zero-order chi connectivity index (χ0) is 37.9. The SMILES string of the molecule is COc1cc(C=CC(=O)OCC2OC(Oc3cc4c(cc3O)[N+](=CC=C3C=C(C(=O)O)NC(C(=O)O)C3)C(C(=O)[O-])C4)C(O)C(O)C2O)ccc1O. The largest absolute Gasteiger partial charge is 0.543 e. The molecule has 18 heteroatoms. The van der Waals surface area contributed by atoms with Gasteiger partial charge in [0.25, 0.3) is 0 Å². The summed E-state index contributed by atoms with van der Waals surface area (Å²) in [5.74, 6) is -5.83. The van der Waals surface area contributed by atoms with E-state index in [0.717, 1.165) is 12.1 Å². The Kier molecular flexibility index (Phi) is 11.1. The fourth-order valence-corrected chi connectivity index (χ4v) is 5.73. The Morgan fingerprint density at radius 3 is 2.42 bits per heavy atom. The van der Waals surface area contributed by atoms with Crippen molar-refractivity contribution in [1.29, 1.82) is 0 Å². The van der Waals surface area contributed by atoms with Crippen LogP contribution in [0.5, 0.6) is 23.0 Å². The molecule has 0 radical (unpaired) electrons. The zero-order valence-corrected chi connectivity index (χ0v) is 27.2. The van der Waals surface area contributed by atoms with Crippen LogP contribution in [-0.2, 0) is 35.1 Å². The Bertz CT molecular complexity index is 1880. The van der Waals surface area contributed by atoms with Gasteiger partial charge in [-0.1, -0.05) is 6.07 Å². The summed E-state index contributed by atoms with van der Waals surface area (Å²) < 4.78 is 22.6. The standard InChI is InChI=1S/C34H34N2O16/c1-49-24-10-15(2-4-22(24)37)3-5-27(39)50-14-26-28(40)29(41)30(42)34(52-26)51-25-12-17-11-21(33(47)48)36(20(17)13-23(25)38)7-6-16-8-18(31(43)44)35-19(9-16)32(45)46/h2-8,10,12-13,19,21,26,28-30,34,40-42H,9,11,14H2,1H3,(H5,37,38,39,43,44,45,46,47,48). The summed E-state index contributed by atoms with van der Waals surface area (Å²) in [7, 11) is 1.36. The van der Waals surface area contributed by atoms with E-state index in [4.69, 9.17) is 18.9 Å². The van der Waals surface area contributed by atoms with Crippen LogP contribution in [0.4, 0.5) is 5.69 Å². The van der Waals surface area contributed by atoms with Gasteiger partial charge in [-0.25, -0.2) is 14.4 Å². The van der Waals surface area contributed by atoms with Crippen LogP contribution in [0, 0.1) is 0 Å². The molecule has 276 valence electrons. The normalized spacial score (nSPS) is 27.1. The molecule has 2 aromatic carbocycles. The maximum Gasteiger partial charge on any atom is 0.351 e. The number of rotatable bonds is 11. The third-order valence-electron chi connectivity index (χ3n) is 8.45. The van der Waals surface area contributed by atoms with Crippen LogP contribution in [0.2, 0.25) is 0 Å². The van der Waals surface area contributed by atoms with Crippen molar-refractivity contribution in [3.05, 3.63) is 71.0 Å². The molecule has 18 nitrogen and oxygen atoms in total. The van der Waals surface area contributed by atoms with Crippen molar-refractivity contribution in [3.8, 4) is 23.0 Å². The van der Waals surface area contributed by atoms with E-state index in [1.54, 1.807) is 0 Å². The monoisotopic (exact) mass is 726 g/mol. The quantitative estimate of drug-likeness (QED) is 0.0726. The Balaban J connectivity index is 1.31. The molecule has 0 aliphatic carbocycles. The number of aliphatic carboxylic acids is 3. The highest BCUT2D eigenvalue weighted by Gasteiger charge is 2.46. The summed E-state index contributed by atoms with van der Waals surface area (Å²) in [4.78, 5) is 47.5. The van der Waals surface area contributed by atoms with Crippen LogP contribution < -0.4 is 19.9 Å². The van der Waals surface area contributed by atoms with Gasteiger partial charge in [0.2, 0.25) is 18.0 Å². The molecule has 3 heterocycles. The number of hydrogen-bond donors (Lipinski definition) is 8. The van der Waals surface area contributed by atoms with Crippen molar-refractivity contribution in [1.82, 2.24) is 5.32 Å². The van der Waals surface area contributed by atoms with E-state index in [1.165, 1.54) is 60.4 Å². The van der Waals surface area contributed by atoms with Crippen molar-refractivity contribution in [2.75, 3.05) is 13.7 Å². The minimum absolute atomic E-state index is 0.102. The van der Waals surface area contributed by atoms with Crippen LogP contribution in [-0.4, -0.2) is 127 Å². The molecule has 8 N–H and O–H groups in total. The maximum absolute atomic E-state index is 12.4. The van der Waals surface area contributed by atoms with Crippen LogP contribution in [0.1, 0.15) is 17.5 Å². The number of methoxy groups -OCH3 is 1. The van der Waals surface area contributed by atoms with E-state index in [9.17, 15) is 60.0 Å². The van der Waals surface area contributed by atoms with Crippen molar-refractivity contribution >= 4 is 41.9 Å². The van der Waals surface area contributed by atoms with Gasteiger partial charge in [0.15, 0.2) is 29.2 Å². The maximum atomic E-state index is 12.4. The summed E-state index contributed by atoms with van der Waals surface area (Å²) >= 11 is 0. The molecule has 0 bridgehead atoms. The minimum atomic E-state index is -1.85. The van der Waals surface area contributed by atoms with Crippen LogP contribution >= 0.6 is 0 Å². The van der Waals surface area contributed by atoms with Gasteiger partial charge in [-0.15, -0.1) is 0 Å². The second-order valence-corrected chi connectivity index (χ2v) is 11.9. The molecule has 0 amide bonds. The van der Waals surface area contributed by atoms with Crippen LogP contribution in [0.3, 0.4) is 0 Å². The number of aliphatic hydroxyl groups excluding tert-OH is 3. The first-order chi connectivity index (χ1) is 24.7. The predicted octanol–water partition coefficient (Wildman–Crippen LogP) is -1.72. The number of carboxylic acids is 3. The number of carbonyl (C=O) groups excluding carboxylic acids is 2. The number of benzene rings is 2. The Labute approximate surface area is 294 Å². The lowest BCUT2D eigenvalue weighted by Gasteiger charge is -2.39. The highest BCUT2D eigenvalue weighted by molar-refractivity contribution is 5.90. The summed E-state index contributed by atoms with van der Waals surface area (Å²) in [6.07, 6.45) is -2.55. The van der Waals surface area contributed by atoms with Gasteiger partial charge in [-0.3, -0.25) is 0 Å². The van der Waals surface area contributed by atoms with Crippen LogP contribution in [0.25, 0.3) is 6.08 Å². The van der Waals surface area contributed by atoms with Gasteiger partial charge in [-0.05, 0) is 41.5 Å². The Morgan fingerprint density at radius 2 is 1.75 bits per heavy atom. The Hall–Kier alpha value is -5.95. The molecule has 0 aromatic heterocycles. The molecule has 5 rings (SSSR count). The average molecular weight is 727 g/mol. The highest BCUT2D eigenvalue weighted by Crippen LogP contribution is 2.40. The second kappa shape index (κ2) is 15.5. The number of phenols is 2. The van der Waals surface area contributed by atoms with E-state index in [2.05, 4.69) is 5.32 Å². The molecule has 52 heavy (non-hydrogen) atoms. The number of phenolic OH excluding ortho intramolecular Hbond substituents is 2. The molecule has 3 aliphatic rings. The van der Waals surface area contributed by atoms with Gasteiger partial charge in [-0.2, -0.15) is 4.58 Å². The first-order valence-corrected chi connectivity index (χ1v) is 15.6. The number of carboxylic acid groups (broad SMARTS) is 3. The lowest BCUT2D eigenvalue weighted by Crippen LogP contribution is -2.60. The second-order valence-electron chi connectivity index (χ2n) is 11.9. The number of hydrogen-bond acceptors (Lipinski definition) is 15. The first-order valence-electron chi connectivity index (χ1n) is 15.6. The average Bonchev–Trinajstić information content (AvgIpc) is 3.47. The molecule has 1 fully saturated rings. The van der Waals surface area contributed by atoms with E-state index in [-0.39, 0.29) is 47.0 Å². The molecule has 7 atom stereocenters. The molecular weight excluding hydrogens is 692 g/mol. The number of nitrogens with zero attached hydrogens (tertiary/aromatic N) is 1. The number of allylic oxidation sites excluding steroid dienone is 2. The topological polar surface area (TPSA) is 285 Å². The molecule has 7 unspecified atom stereocenters. The smallest absolute Gasteiger partial charge is 0.351 e. The van der Waals surface area contributed by atoms with Crippen molar-refractivity contribution < 1.29 is 83.6 Å². The summed E-state index contributed by atoms with van der Waals surface area (Å²) in [6, 6.07) is 4.21. The van der Waals surface area contributed by atoms with Crippen molar-refractivity contribution in [3.63, 3.8) is 0 Å². The highest BCUT2D eigenvalue weighted by atomic mass is 16.7. The number of fused-ring (bicyclic) bond motifs is 1. The lowest BCUT2D eigenvalue weighted by molar-refractivity contribution is -0.475. The summed E-state index contributed by atoms with van der Waals surface area (Å²) in [5, 5.41) is 85.4. The van der Waals surface area contributed by atoms with Gasteiger partial charge in [0, 0.05) is 30.6 Å². The number of nitrogens with one attached hydrogen (secondary N) is 1. The van der Waals surface area contributed by atoms with E-state index >= 15 is 0 Å². The van der Waals surface area contributed by atoms with Gasteiger partial charge in [0.05, 0.1) is 13.2 Å². The minimum Gasteiger partial charge on any atom is -0.543 e. The van der Waals surface area contributed by atoms with Gasteiger partial charge in [0.1, 0.15) is 48.7 Å². The summed E-state index contributed by atoms with van der Waals surface area (Å²) in [6.45, 7) is -0.594. The predicted molar refractivity (Wildman–Crippen MR) is 172 cm³/mol. The lowest BCUT2D eigenvalue weighted by atomic mass is 9.99. The third-order valence-corrected chi connectivity index (χ3v) is 8.45. The number of aromatic hydroxyl groups is 2. The number of carbonyl (C=O) groups is 4. The van der Waals surface area contributed by atoms with Crippen molar-refractivity contribution in [2.24, 2.45) is 0 Å². The Morgan fingerprint density at radius 1 is 1.00 bits per heavy atom. The van der Waals surface area contributed by atoms with E-state index in [0.29, 0.717) is 11.1 Å². The van der Waals surface area contributed by atoms with Crippen LogP contribution in [0.15, 0.2) is 59.8 Å². The number of esters is 1. The fourth-order valence-electron chi connectivity index (χ4n) is 5.73. The fraction of sp³-hybridized carbons (Fsp3) is 0.324. The van der Waals surface area contributed by atoms with E-state index in [1.807, 2.05) is 0 Å². The molecule has 0 spiro atoms. The molecule has 0 saturated carbocycles. The zero-order valence-electron chi connectivity index (χ0n) is 27.2. The van der Waals surface area contributed by atoms with Gasteiger partial charge >= 0.3 is 17.9 Å².